The van der Waals surface area contributed by atoms with E-state index in [-0.39, 0.29) is 37.2 Å². The van der Waals surface area contributed by atoms with E-state index >= 15 is 0 Å². The molecule has 0 bridgehead atoms. The van der Waals surface area contributed by atoms with Gasteiger partial charge in [-0.25, -0.2) is 0 Å². The number of nitrogens with two attached hydrogens (primary N) is 1. The Morgan fingerprint density at radius 1 is 0.800 bits per heavy atom. The van der Waals surface area contributed by atoms with E-state index in [4.69, 9.17) is 24.7 Å². The van der Waals surface area contributed by atoms with Gasteiger partial charge in [0.2, 0.25) is 5.91 Å². The Kier molecular flexibility index (Phi) is 19.2. The van der Waals surface area contributed by atoms with Crippen molar-refractivity contribution < 1.29 is 33.3 Å². The first-order valence-corrected chi connectivity index (χ1v) is 10.2. The van der Waals surface area contributed by atoms with Gasteiger partial charge in [0.05, 0.1) is 46.2 Å². The number of hydrogen-bond acceptors (Lipinski definition) is 9. The molecule has 0 atom stereocenters. The Hall–Kier alpha value is -1.85. The molecule has 0 spiro atoms. The van der Waals surface area contributed by atoms with Gasteiger partial charge in [0, 0.05) is 25.2 Å². The number of hydrogen-bond donors (Lipinski definition) is 3. The topological polar surface area (TPSA) is 138 Å². The van der Waals surface area contributed by atoms with Gasteiger partial charge in [-0.3, -0.25) is 9.59 Å². The maximum absolute atomic E-state index is 11.6. The second-order valence-corrected chi connectivity index (χ2v) is 6.51. The molecule has 0 radical (unpaired) electrons. The van der Waals surface area contributed by atoms with Crippen molar-refractivity contribution in [2.45, 2.75) is 26.2 Å². The predicted molar refractivity (Wildman–Crippen MR) is 112 cm³/mol. The molecule has 0 aliphatic rings. The second-order valence-electron chi connectivity index (χ2n) is 6.51. The zero-order valence-corrected chi connectivity index (χ0v) is 18.0. The highest BCUT2D eigenvalue weighted by atomic mass is 16.5. The van der Waals surface area contributed by atoms with E-state index in [2.05, 4.69) is 17.2 Å². The first-order chi connectivity index (χ1) is 14.5. The molecule has 10 heteroatoms. The van der Waals surface area contributed by atoms with Gasteiger partial charge >= 0.3 is 0 Å². The van der Waals surface area contributed by atoms with Crippen LogP contribution in [-0.4, -0.2) is 90.0 Å². The Labute approximate surface area is 178 Å². The number of nitrogens with one attached hydrogen (secondary N) is 2. The van der Waals surface area contributed by atoms with E-state index in [1.165, 1.54) is 0 Å². The number of ether oxygens (including phenoxy) is 4. The zero-order chi connectivity index (χ0) is 22.5. The van der Waals surface area contributed by atoms with Gasteiger partial charge in [-0.2, -0.15) is 0 Å². The van der Waals surface area contributed by atoms with Crippen molar-refractivity contribution in [3.8, 4) is 0 Å². The summed E-state index contributed by atoms with van der Waals surface area (Å²) in [5, 5.41) is 5.81. The molecule has 0 fully saturated rings. The van der Waals surface area contributed by atoms with E-state index in [1.807, 2.05) is 0 Å². The molecule has 0 rings (SSSR count). The highest BCUT2D eigenvalue weighted by Gasteiger charge is 2.02. The van der Waals surface area contributed by atoms with Crippen LogP contribution < -0.4 is 16.4 Å². The molecular weight excluding hydrogens is 394 g/mol. The molecule has 0 saturated carbocycles. The number of ketones is 2. The van der Waals surface area contributed by atoms with Crippen molar-refractivity contribution in [3.63, 3.8) is 0 Å². The summed E-state index contributed by atoms with van der Waals surface area (Å²) in [5.74, 6) is -0.202. The lowest BCUT2D eigenvalue weighted by Crippen LogP contribution is -2.31. The number of carbonyl (C=O) groups excluding carboxylic acids is 3. The van der Waals surface area contributed by atoms with Gasteiger partial charge in [-0.1, -0.05) is 6.58 Å². The van der Waals surface area contributed by atoms with Gasteiger partial charge in [-0.15, -0.1) is 0 Å². The quantitative estimate of drug-likeness (QED) is 0.195. The highest BCUT2D eigenvalue weighted by Crippen LogP contribution is 2.02. The van der Waals surface area contributed by atoms with E-state index < -0.39 is 0 Å². The normalized spacial score (nSPS) is 10.6. The fourth-order valence-corrected chi connectivity index (χ4v) is 2.10. The van der Waals surface area contributed by atoms with E-state index in [0.717, 1.165) is 18.5 Å². The lowest BCUT2D eigenvalue weighted by molar-refractivity contribution is -0.126. The molecule has 10 nitrogen and oxygen atoms in total. The summed E-state index contributed by atoms with van der Waals surface area (Å²) in [6.45, 7) is 8.59. The molecule has 1 amide bonds. The first kappa shape index (κ1) is 28.1. The van der Waals surface area contributed by atoms with Crippen molar-refractivity contribution in [1.82, 2.24) is 10.6 Å². The lowest BCUT2D eigenvalue weighted by Gasteiger charge is -2.10. The van der Waals surface area contributed by atoms with Crippen molar-refractivity contribution in [2.75, 3.05) is 72.5 Å². The Morgan fingerprint density at radius 3 is 1.97 bits per heavy atom. The molecule has 0 heterocycles. The van der Waals surface area contributed by atoms with Crippen LogP contribution in [0.3, 0.4) is 0 Å². The fraction of sp³-hybridized carbons (Fsp3) is 0.750. The summed E-state index contributed by atoms with van der Waals surface area (Å²) in [5.41, 5.74) is 6.04. The third-order valence-corrected chi connectivity index (χ3v) is 3.67. The van der Waals surface area contributed by atoms with Crippen LogP contribution in [0.1, 0.15) is 26.2 Å². The van der Waals surface area contributed by atoms with Gasteiger partial charge in [0.15, 0.2) is 5.78 Å². The fourth-order valence-electron chi connectivity index (χ4n) is 2.10. The first-order valence-electron chi connectivity index (χ1n) is 10.2. The number of Topliss-reactive ketones (excluding diaryl/α,β-unsaturated/α-hetero) is 2. The van der Waals surface area contributed by atoms with Crippen LogP contribution >= 0.6 is 0 Å². The van der Waals surface area contributed by atoms with Gasteiger partial charge < -0.3 is 40.1 Å². The molecule has 174 valence electrons. The SMILES string of the molecule is C=C(CCCC(C)=O)NCCOCCOCC(=O)NCCOCCOCC(=O)CN. The molecule has 0 aromatic carbocycles. The second kappa shape index (κ2) is 20.4. The van der Waals surface area contributed by atoms with E-state index in [9.17, 15) is 14.4 Å². The van der Waals surface area contributed by atoms with Crippen LogP contribution in [-0.2, 0) is 33.3 Å². The van der Waals surface area contributed by atoms with Crippen LogP contribution in [0.2, 0.25) is 0 Å². The van der Waals surface area contributed by atoms with Crippen LogP contribution in [0.5, 0.6) is 0 Å². The van der Waals surface area contributed by atoms with E-state index in [1.54, 1.807) is 6.92 Å². The Balaban J connectivity index is 3.31. The minimum atomic E-state index is -0.230. The summed E-state index contributed by atoms with van der Waals surface area (Å²) in [6, 6.07) is 0. The van der Waals surface area contributed by atoms with Crippen LogP contribution in [0, 0.1) is 0 Å². The maximum Gasteiger partial charge on any atom is 0.246 e. The van der Waals surface area contributed by atoms with Gasteiger partial charge in [0.1, 0.15) is 19.0 Å². The maximum atomic E-state index is 11.6. The van der Waals surface area contributed by atoms with Crippen LogP contribution in [0.25, 0.3) is 0 Å². The minimum Gasteiger partial charge on any atom is -0.387 e. The average molecular weight is 432 g/mol. The number of allylic oxidation sites excluding steroid dienone is 1. The summed E-state index contributed by atoms with van der Waals surface area (Å²) >= 11 is 0. The van der Waals surface area contributed by atoms with E-state index in [0.29, 0.717) is 59.2 Å². The molecule has 0 aliphatic carbocycles. The van der Waals surface area contributed by atoms with Gasteiger partial charge in [-0.05, 0) is 19.8 Å². The van der Waals surface area contributed by atoms with Crippen molar-refractivity contribution >= 4 is 17.5 Å². The average Bonchev–Trinajstić information content (AvgIpc) is 2.71. The monoisotopic (exact) mass is 431 g/mol. The smallest absolute Gasteiger partial charge is 0.246 e. The summed E-state index contributed by atoms with van der Waals surface area (Å²) < 4.78 is 20.9. The Bertz CT molecular complexity index is 501. The summed E-state index contributed by atoms with van der Waals surface area (Å²) in [4.78, 5) is 33.3. The number of carbonyl (C=O) groups is 3. The van der Waals surface area contributed by atoms with Crippen molar-refractivity contribution in [1.29, 1.82) is 0 Å². The largest absolute Gasteiger partial charge is 0.387 e. The lowest BCUT2D eigenvalue weighted by atomic mass is 10.1. The van der Waals surface area contributed by atoms with Gasteiger partial charge in [0.25, 0.3) is 0 Å². The summed E-state index contributed by atoms with van der Waals surface area (Å²) in [6.07, 6.45) is 2.14. The number of rotatable bonds is 22. The zero-order valence-electron chi connectivity index (χ0n) is 18.0. The molecule has 30 heavy (non-hydrogen) atoms. The van der Waals surface area contributed by atoms with Crippen molar-refractivity contribution in [3.05, 3.63) is 12.3 Å². The van der Waals surface area contributed by atoms with Crippen molar-refractivity contribution in [2.24, 2.45) is 5.73 Å². The third kappa shape index (κ3) is 20.9. The molecule has 0 aromatic heterocycles. The molecule has 4 N–H and O–H groups in total. The molecule has 0 aromatic rings. The molecule has 0 unspecified atom stereocenters. The molecule has 0 aliphatic heterocycles. The predicted octanol–water partition coefficient (Wildman–Crippen LogP) is -0.441. The standard InChI is InChI=1S/C20H37N3O7/c1-17(4-3-5-18(2)24)22-6-8-27-11-13-30-16-20(26)23-7-9-28-10-12-29-15-19(25)14-21/h22H,1,3-16,21H2,2H3,(H,23,26). The van der Waals surface area contributed by atoms with Crippen LogP contribution in [0.15, 0.2) is 12.3 Å². The Morgan fingerprint density at radius 2 is 1.37 bits per heavy atom. The molecule has 0 saturated heterocycles. The van der Waals surface area contributed by atoms with Crippen LogP contribution in [0.4, 0.5) is 0 Å². The third-order valence-electron chi connectivity index (χ3n) is 3.67. The summed E-state index contributed by atoms with van der Waals surface area (Å²) in [7, 11) is 0. The molecular formula is C20H37N3O7. The number of amides is 1. The highest BCUT2D eigenvalue weighted by molar-refractivity contribution is 5.81. The minimum absolute atomic E-state index is 0.00826.